The summed E-state index contributed by atoms with van der Waals surface area (Å²) >= 11 is 0. The number of nitrogens with zero attached hydrogens (tertiary/aromatic N) is 2. The summed E-state index contributed by atoms with van der Waals surface area (Å²) in [5.74, 6) is 1.14. The molecule has 2 amide bonds. The van der Waals surface area contributed by atoms with Gasteiger partial charge in [0.05, 0.1) is 38.0 Å². The average molecular weight is 437 g/mol. The largest absolute Gasteiger partial charge is 0.497 e. The van der Waals surface area contributed by atoms with Crippen LogP contribution in [0.3, 0.4) is 0 Å². The van der Waals surface area contributed by atoms with Gasteiger partial charge in [-0.15, -0.1) is 0 Å². The smallest absolute Gasteiger partial charge is 0.415 e. The van der Waals surface area contributed by atoms with Gasteiger partial charge >= 0.3 is 6.09 Å². The van der Waals surface area contributed by atoms with Crippen LogP contribution in [0.1, 0.15) is 30.4 Å². The number of methoxy groups -OCH3 is 1. The lowest BCUT2D eigenvalue weighted by Crippen LogP contribution is -2.45. The van der Waals surface area contributed by atoms with E-state index in [0.29, 0.717) is 50.0 Å². The fraction of sp³-hybridized carbons (Fsp3) is 0.417. The zero-order valence-corrected chi connectivity index (χ0v) is 18.1. The average Bonchev–Trinajstić information content (AvgIpc) is 3.02. The van der Waals surface area contributed by atoms with Crippen LogP contribution in [0.15, 0.2) is 36.4 Å². The van der Waals surface area contributed by atoms with Crippen LogP contribution in [0.25, 0.3) is 0 Å². The summed E-state index contributed by atoms with van der Waals surface area (Å²) in [5, 5.41) is 0. The Labute approximate surface area is 186 Å². The maximum Gasteiger partial charge on any atom is 0.415 e. The van der Waals surface area contributed by atoms with Gasteiger partial charge in [-0.3, -0.25) is 4.79 Å². The van der Waals surface area contributed by atoms with E-state index in [9.17, 15) is 9.59 Å². The standard InChI is InChI=1S/C24H27N3O5/c1-30-18-5-3-16(4-6-18)15-27-21-19(24(22(27)28)7-2-8-24)13-17(25)14-20(21)32-23(29)26-9-11-31-12-10-26/h3-6,13-14H,2,7-12,15,25H2,1H3. The number of benzene rings is 2. The highest BCUT2D eigenvalue weighted by Crippen LogP contribution is 2.57. The topological polar surface area (TPSA) is 94.3 Å². The number of nitrogens with two attached hydrogens (primary N) is 1. The van der Waals surface area contributed by atoms with Gasteiger partial charge in [-0.25, -0.2) is 4.79 Å². The molecule has 0 radical (unpaired) electrons. The molecule has 0 aromatic heterocycles. The molecule has 5 rings (SSSR count). The van der Waals surface area contributed by atoms with E-state index in [4.69, 9.17) is 19.9 Å². The zero-order chi connectivity index (χ0) is 22.3. The quantitative estimate of drug-likeness (QED) is 0.739. The van der Waals surface area contributed by atoms with Crippen molar-refractivity contribution >= 4 is 23.4 Å². The Morgan fingerprint density at radius 3 is 2.50 bits per heavy atom. The second-order valence-corrected chi connectivity index (χ2v) is 8.56. The van der Waals surface area contributed by atoms with Gasteiger partial charge in [-0.1, -0.05) is 18.6 Å². The molecule has 1 saturated carbocycles. The summed E-state index contributed by atoms with van der Waals surface area (Å²) in [6.45, 7) is 2.29. The second kappa shape index (κ2) is 8.02. The molecule has 168 valence electrons. The molecule has 2 heterocycles. The minimum atomic E-state index is -0.572. The van der Waals surface area contributed by atoms with Crippen LogP contribution in [0.5, 0.6) is 11.5 Å². The number of carbonyl (C=O) groups is 2. The molecule has 2 fully saturated rings. The highest BCUT2D eigenvalue weighted by atomic mass is 16.6. The molecule has 2 aromatic carbocycles. The molecule has 0 unspecified atom stereocenters. The number of nitrogen functional groups attached to an aromatic ring is 1. The first-order valence-electron chi connectivity index (χ1n) is 11.0. The van der Waals surface area contributed by atoms with Crippen LogP contribution in [0.4, 0.5) is 16.2 Å². The third-order valence-electron chi connectivity index (χ3n) is 6.71. The predicted molar refractivity (Wildman–Crippen MR) is 119 cm³/mol. The van der Waals surface area contributed by atoms with Crippen molar-refractivity contribution in [3.63, 3.8) is 0 Å². The second-order valence-electron chi connectivity index (χ2n) is 8.56. The highest BCUT2D eigenvalue weighted by Gasteiger charge is 2.55. The lowest BCUT2D eigenvalue weighted by atomic mass is 9.65. The molecule has 2 N–H and O–H groups in total. The molecule has 32 heavy (non-hydrogen) atoms. The summed E-state index contributed by atoms with van der Waals surface area (Å²) < 4.78 is 16.4. The summed E-state index contributed by atoms with van der Waals surface area (Å²) in [4.78, 5) is 29.8. The summed E-state index contributed by atoms with van der Waals surface area (Å²) in [6.07, 6.45) is 2.09. The summed E-state index contributed by atoms with van der Waals surface area (Å²) in [7, 11) is 1.62. The molecular formula is C24H27N3O5. The highest BCUT2D eigenvalue weighted by molar-refractivity contribution is 6.10. The van der Waals surface area contributed by atoms with Crippen molar-refractivity contribution in [2.45, 2.75) is 31.2 Å². The molecule has 1 spiro atoms. The van der Waals surface area contributed by atoms with E-state index in [-0.39, 0.29) is 5.91 Å². The van der Waals surface area contributed by atoms with E-state index in [1.54, 1.807) is 23.0 Å². The van der Waals surface area contributed by atoms with Crippen LogP contribution < -0.4 is 20.1 Å². The minimum absolute atomic E-state index is 0.0452. The van der Waals surface area contributed by atoms with Gasteiger partial charge < -0.3 is 29.7 Å². The Morgan fingerprint density at radius 1 is 1.16 bits per heavy atom. The van der Waals surface area contributed by atoms with Crippen molar-refractivity contribution in [2.24, 2.45) is 0 Å². The first-order valence-corrected chi connectivity index (χ1v) is 11.0. The van der Waals surface area contributed by atoms with E-state index in [1.165, 1.54) is 0 Å². The van der Waals surface area contributed by atoms with Crippen molar-refractivity contribution in [3.05, 3.63) is 47.5 Å². The molecule has 3 aliphatic rings. The Hall–Kier alpha value is -3.26. The first-order chi connectivity index (χ1) is 15.5. The molecule has 8 heteroatoms. The number of carbonyl (C=O) groups excluding carboxylic acids is 2. The van der Waals surface area contributed by atoms with Gasteiger partial charge in [0.25, 0.3) is 0 Å². The number of morpholine rings is 1. The molecule has 1 aliphatic carbocycles. The number of rotatable bonds is 4. The molecule has 2 aliphatic heterocycles. The molecule has 0 bridgehead atoms. The molecular weight excluding hydrogens is 410 g/mol. The lowest BCUT2D eigenvalue weighted by Gasteiger charge is -2.37. The van der Waals surface area contributed by atoms with Gasteiger partial charge in [0.1, 0.15) is 5.75 Å². The lowest BCUT2D eigenvalue weighted by molar-refractivity contribution is -0.126. The van der Waals surface area contributed by atoms with E-state index >= 15 is 0 Å². The monoisotopic (exact) mass is 437 g/mol. The number of hydrogen-bond donors (Lipinski definition) is 1. The molecule has 8 nitrogen and oxygen atoms in total. The number of fused-ring (bicyclic) bond motifs is 2. The van der Waals surface area contributed by atoms with E-state index < -0.39 is 11.5 Å². The van der Waals surface area contributed by atoms with Crippen LogP contribution in [-0.2, 0) is 21.5 Å². The Balaban J connectivity index is 1.51. The Kier molecular flexibility index (Phi) is 5.17. The third-order valence-corrected chi connectivity index (χ3v) is 6.71. The van der Waals surface area contributed by atoms with Crippen molar-refractivity contribution in [1.29, 1.82) is 0 Å². The van der Waals surface area contributed by atoms with Crippen molar-refractivity contribution in [1.82, 2.24) is 4.90 Å². The summed E-state index contributed by atoms with van der Waals surface area (Å²) in [6, 6.07) is 11.1. The Morgan fingerprint density at radius 2 is 1.88 bits per heavy atom. The normalized spacial score (nSPS) is 19.0. The maximum atomic E-state index is 13.6. The fourth-order valence-electron chi connectivity index (χ4n) is 4.81. The molecule has 1 saturated heterocycles. The number of hydrogen-bond acceptors (Lipinski definition) is 6. The third kappa shape index (κ3) is 3.35. The number of anilines is 2. The van der Waals surface area contributed by atoms with Gasteiger partial charge in [-0.05, 0) is 42.2 Å². The van der Waals surface area contributed by atoms with E-state index in [0.717, 1.165) is 36.1 Å². The van der Waals surface area contributed by atoms with Crippen molar-refractivity contribution < 1.29 is 23.8 Å². The van der Waals surface area contributed by atoms with E-state index in [2.05, 4.69) is 0 Å². The van der Waals surface area contributed by atoms with Gasteiger partial charge in [0, 0.05) is 24.8 Å². The van der Waals surface area contributed by atoms with Gasteiger partial charge in [0.2, 0.25) is 5.91 Å². The van der Waals surface area contributed by atoms with Gasteiger partial charge in [0.15, 0.2) is 5.75 Å². The summed E-state index contributed by atoms with van der Waals surface area (Å²) in [5.41, 5.74) is 8.59. The molecule has 0 atom stereocenters. The van der Waals surface area contributed by atoms with Crippen LogP contribution in [0.2, 0.25) is 0 Å². The van der Waals surface area contributed by atoms with Crippen molar-refractivity contribution in [3.8, 4) is 11.5 Å². The molecule has 2 aromatic rings. The maximum absolute atomic E-state index is 13.6. The number of amides is 2. The van der Waals surface area contributed by atoms with Crippen LogP contribution >= 0.6 is 0 Å². The SMILES string of the molecule is COc1ccc(CN2C(=O)C3(CCC3)c3cc(N)cc(OC(=O)N4CCOCC4)c32)cc1. The predicted octanol–water partition coefficient (Wildman–Crippen LogP) is 3.08. The van der Waals surface area contributed by atoms with Crippen LogP contribution in [-0.4, -0.2) is 50.3 Å². The Bertz CT molecular complexity index is 1040. The van der Waals surface area contributed by atoms with Gasteiger partial charge in [-0.2, -0.15) is 0 Å². The zero-order valence-electron chi connectivity index (χ0n) is 18.1. The van der Waals surface area contributed by atoms with Crippen LogP contribution in [0, 0.1) is 0 Å². The first kappa shape index (κ1) is 20.6. The van der Waals surface area contributed by atoms with E-state index in [1.807, 2.05) is 30.3 Å². The number of ether oxygens (including phenoxy) is 3. The van der Waals surface area contributed by atoms with Crippen molar-refractivity contribution in [2.75, 3.05) is 44.0 Å². The minimum Gasteiger partial charge on any atom is -0.497 e. The fourth-order valence-corrected chi connectivity index (χ4v) is 4.81.